The fourth-order valence-corrected chi connectivity index (χ4v) is 3.81. The van der Waals surface area contributed by atoms with Gasteiger partial charge >= 0.3 is 0 Å². The quantitative estimate of drug-likeness (QED) is 0.194. The van der Waals surface area contributed by atoms with Crippen LogP contribution in [0, 0.1) is 5.41 Å². The monoisotopic (exact) mass is 498 g/mol. The summed E-state index contributed by atoms with van der Waals surface area (Å²) < 4.78 is 17.2. The minimum atomic E-state index is -0.663. The Labute approximate surface area is 213 Å². The van der Waals surface area contributed by atoms with Gasteiger partial charge in [0.05, 0.1) is 12.2 Å². The molecule has 0 bridgehead atoms. The van der Waals surface area contributed by atoms with Crippen molar-refractivity contribution in [3.63, 3.8) is 0 Å². The van der Waals surface area contributed by atoms with Crippen molar-refractivity contribution < 1.29 is 23.8 Å². The van der Waals surface area contributed by atoms with E-state index in [4.69, 9.17) is 31.1 Å². The summed E-state index contributed by atoms with van der Waals surface area (Å²) in [5, 5.41) is 7.94. The van der Waals surface area contributed by atoms with E-state index in [1.807, 2.05) is 58.0 Å². The number of amidine groups is 1. The smallest absolute Gasteiger partial charge is 0.258 e. The van der Waals surface area contributed by atoms with Gasteiger partial charge in [-0.2, -0.15) is 0 Å². The average molecular weight is 499 g/mol. The van der Waals surface area contributed by atoms with Gasteiger partial charge < -0.3 is 30.6 Å². The molecule has 36 heavy (non-hydrogen) atoms. The predicted molar refractivity (Wildman–Crippen MR) is 140 cm³/mol. The van der Waals surface area contributed by atoms with Crippen LogP contribution in [0.5, 0.6) is 17.2 Å². The highest BCUT2D eigenvalue weighted by molar-refractivity contribution is 5.97. The number of nitrogens with zero attached hydrogens (tertiary/aromatic N) is 1. The van der Waals surface area contributed by atoms with Crippen molar-refractivity contribution in [2.75, 3.05) is 13.2 Å². The van der Waals surface area contributed by atoms with Gasteiger partial charge in [-0.05, 0) is 71.2 Å². The van der Waals surface area contributed by atoms with Gasteiger partial charge in [-0.25, -0.2) is 0 Å². The molecule has 0 spiro atoms. The second kappa shape index (κ2) is 14.0. The van der Waals surface area contributed by atoms with Crippen LogP contribution in [0.4, 0.5) is 0 Å². The summed E-state index contributed by atoms with van der Waals surface area (Å²) in [6, 6.07) is 14.2. The maximum Gasteiger partial charge on any atom is 0.258 e. The van der Waals surface area contributed by atoms with Gasteiger partial charge in [-0.1, -0.05) is 18.2 Å². The van der Waals surface area contributed by atoms with Gasteiger partial charge in [0.15, 0.2) is 12.7 Å². The lowest BCUT2D eigenvalue weighted by molar-refractivity contribution is -0.119. The number of nitrogens with one attached hydrogen (secondary N) is 1. The highest BCUT2D eigenvalue weighted by atomic mass is 16.5. The van der Waals surface area contributed by atoms with Gasteiger partial charge in [0.1, 0.15) is 23.1 Å². The number of ether oxygens (including phenoxy) is 3. The molecule has 2 amide bonds. The largest absolute Gasteiger partial charge is 0.494 e. The molecule has 2 aromatic rings. The molecule has 0 aliphatic heterocycles. The van der Waals surface area contributed by atoms with Crippen LogP contribution in [-0.4, -0.2) is 54.0 Å². The van der Waals surface area contributed by atoms with E-state index in [-0.39, 0.29) is 36.2 Å². The second-order valence-corrected chi connectivity index (χ2v) is 9.03. The molecule has 0 heterocycles. The van der Waals surface area contributed by atoms with Crippen LogP contribution in [0.1, 0.15) is 57.3 Å². The third kappa shape index (κ3) is 8.79. The average Bonchev–Trinajstić information content (AvgIpc) is 2.81. The molecule has 9 heteroatoms. The van der Waals surface area contributed by atoms with E-state index in [1.165, 1.54) is 6.07 Å². The molecule has 0 fully saturated rings. The number of carbonyl (C=O) groups is 2. The first-order valence-corrected chi connectivity index (χ1v) is 12.2. The maximum absolute atomic E-state index is 13.3. The lowest BCUT2D eigenvalue weighted by atomic mass is 10.1. The summed E-state index contributed by atoms with van der Waals surface area (Å²) in [4.78, 5) is 26.3. The summed E-state index contributed by atoms with van der Waals surface area (Å²) in [6.45, 7) is 7.89. The van der Waals surface area contributed by atoms with Crippen molar-refractivity contribution in [1.82, 2.24) is 4.90 Å². The summed E-state index contributed by atoms with van der Waals surface area (Å²) >= 11 is 0. The fraction of sp³-hybridized carbons (Fsp3) is 0.444. The lowest BCUT2D eigenvalue weighted by Crippen LogP contribution is -2.42. The minimum absolute atomic E-state index is 0.0367. The Balaban J connectivity index is 2.10. The number of primary amides is 1. The van der Waals surface area contributed by atoms with Crippen LogP contribution in [0.25, 0.3) is 0 Å². The number of hydrogen-bond donors (Lipinski definition) is 3. The van der Waals surface area contributed by atoms with Crippen LogP contribution >= 0.6 is 0 Å². The molecule has 2 aromatic carbocycles. The van der Waals surface area contributed by atoms with E-state index in [9.17, 15) is 9.59 Å². The third-order valence-electron chi connectivity index (χ3n) is 5.40. The van der Waals surface area contributed by atoms with Crippen molar-refractivity contribution >= 4 is 17.6 Å². The molecule has 0 saturated carbocycles. The summed E-state index contributed by atoms with van der Waals surface area (Å²) in [6.07, 6.45) is 1.36. The lowest BCUT2D eigenvalue weighted by Gasteiger charge is -2.31. The number of rotatable bonds is 15. The van der Waals surface area contributed by atoms with Crippen molar-refractivity contribution in [3.05, 3.63) is 54.1 Å². The minimum Gasteiger partial charge on any atom is -0.494 e. The van der Waals surface area contributed by atoms with Crippen LogP contribution in [0.2, 0.25) is 0 Å². The van der Waals surface area contributed by atoms with Crippen molar-refractivity contribution in [3.8, 4) is 17.2 Å². The van der Waals surface area contributed by atoms with Gasteiger partial charge in [0.2, 0.25) is 0 Å². The van der Waals surface area contributed by atoms with Crippen LogP contribution in [-0.2, 0) is 4.79 Å². The SMILES string of the molecule is CC(C)N(C(=O)c1ccc(OC(CCCCOc2ccccc2)C(=N)N)cc1OCC(N)=O)C(C)C. The Morgan fingerprint density at radius 3 is 2.17 bits per heavy atom. The molecule has 0 aliphatic carbocycles. The van der Waals surface area contributed by atoms with E-state index < -0.39 is 12.0 Å². The standard InChI is InChI=1S/C27H38N4O5/c1-18(2)31(19(3)4)27(33)22-14-13-21(16-24(22)35-17-25(28)32)36-23(26(29)30)12-8-9-15-34-20-10-6-5-7-11-20/h5-7,10-11,13-14,16,18-19,23H,8-9,12,15,17H2,1-4H3,(H2,28,32)(H3,29,30). The van der Waals surface area contributed by atoms with Crippen molar-refractivity contribution in [2.24, 2.45) is 11.5 Å². The number of benzene rings is 2. The van der Waals surface area contributed by atoms with Crippen LogP contribution in [0.3, 0.4) is 0 Å². The van der Waals surface area contributed by atoms with E-state index in [2.05, 4.69) is 0 Å². The molecular formula is C27H38N4O5. The van der Waals surface area contributed by atoms with Gasteiger partial charge in [-0.3, -0.25) is 15.0 Å². The molecule has 0 aliphatic rings. The zero-order valence-electron chi connectivity index (χ0n) is 21.5. The summed E-state index contributed by atoms with van der Waals surface area (Å²) in [5.74, 6) is 0.359. The molecule has 1 atom stereocenters. The highest BCUT2D eigenvalue weighted by Crippen LogP contribution is 2.29. The van der Waals surface area contributed by atoms with E-state index in [1.54, 1.807) is 17.0 Å². The Bertz CT molecular complexity index is 1000. The van der Waals surface area contributed by atoms with Gasteiger partial charge in [0, 0.05) is 18.2 Å². The van der Waals surface area contributed by atoms with Crippen LogP contribution in [0.15, 0.2) is 48.5 Å². The predicted octanol–water partition coefficient (Wildman–Crippen LogP) is 3.74. The third-order valence-corrected chi connectivity index (χ3v) is 5.40. The molecule has 5 N–H and O–H groups in total. The number of nitrogens with two attached hydrogens (primary N) is 2. The first-order chi connectivity index (χ1) is 17.1. The first-order valence-electron chi connectivity index (χ1n) is 12.2. The molecule has 196 valence electrons. The number of para-hydroxylation sites is 1. The van der Waals surface area contributed by atoms with E-state index in [0.717, 1.165) is 18.6 Å². The summed E-state index contributed by atoms with van der Waals surface area (Å²) in [7, 11) is 0. The Morgan fingerprint density at radius 2 is 1.58 bits per heavy atom. The van der Waals surface area contributed by atoms with Crippen LogP contribution < -0.4 is 25.7 Å². The maximum atomic E-state index is 13.3. The molecule has 0 saturated heterocycles. The molecule has 2 rings (SSSR count). The van der Waals surface area contributed by atoms with Crippen molar-refractivity contribution in [1.29, 1.82) is 5.41 Å². The molecule has 0 radical (unpaired) electrons. The number of unbranched alkanes of at least 4 members (excludes halogenated alkanes) is 1. The number of carbonyl (C=O) groups excluding carboxylic acids is 2. The number of amides is 2. The second-order valence-electron chi connectivity index (χ2n) is 9.03. The topological polar surface area (TPSA) is 141 Å². The van der Waals surface area contributed by atoms with Gasteiger partial charge in [0.25, 0.3) is 11.8 Å². The van der Waals surface area contributed by atoms with Gasteiger partial charge in [-0.15, -0.1) is 0 Å². The molecule has 1 unspecified atom stereocenters. The molecule has 9 nitrogen and oxygen atoms in total. The normalized spacial score (nSPS) is 11.7. The highest BCUT2D eigenvalue weighted by Gasteiger charge is 2.25. The molecular weight excluding hydrogens is 460 g/mol. The zero-order chi connectivity index (χ0) is 26.7. The Kier molecular flexibility index (Phi) is 11.1. The van der Waals surface area contributed by atoms with Crippen molar-refractivity contribution in [2.45, 2.75) is 65.1 Å². The number of hydrogen-bond acceptors (Lipinski definition) is 6. The summed E-state index contributed by atoms with van der Waals surface area (Å²) in [5.41, 5.74) is 11.3. The van der Waals surface area contributed by atoms with E-state index >= 15 is 0 Å². The first kappa shape index (κ1) is 28.5. The fourth-order valence-electron chi connectivity index (χ4n) is 3.81. The zero-order valence-corrected chi connectivity index (χ0v) is 21.5. The Hall–Kier alpha value is -3.75. The van der Waals surface area contributed by atoms with E-state index in [0.29, 0.717) is 24.3 Å². The Morgan fingerprint density at radius 1 is 0.917 bits per heavy atom. The molecule has 0 aromatic heterocycles.